The maximum Gasteiger partial charge on any atom is 0.387 e. The van der Waals surface area contributed by atoms with Crippen LogP contribution in [-0.4, -0.2) is 37.7 Å². The largest absolute Gasteiger partial charge is 0.434 e. The number of rotatable bonds is 6. The van der Waals surface area contributed by atoms with Crippen molar-refractivity contribution in [3.8, 4) is 5.75 Å². The molecule has 1 aromatic carbocycles. The lowest BCUT2D eigenvalue weighted by atomic mass is 9.94. The number of alkyl halides is 2. The fourth-order valence-corrected chi connectivity index (χ4v) is 2.87. The third kappa shape index (κ3) is 6.79. The molecule has 1 fully saturated rings. The first-order chi connectivity index (χ1) is 10.1. The van der Waals surface area contributed by atoms with Crippen molar-refractivity contribution >= 4 is 24.8 Å². The minimum Gasteiger partial charge on any atom is -0.434 e. The van der Waals surface area contributed by atoms with Gasteiger partial charge in [-0.3, -0.25) is 4.90 Å². The zero-order chi connectivity index (χ0) is 15.2. The van der Waals surface area contributed by atoms with Gasteiger partial charge in [-0.05, 0) is 18.4 Å². The second kappa shape index (κ2) is 11.0. The Kier molecular flexibility index (Phi) is 10.7. The Morgan fingerprint density at radius 2 is 1.74 bits per heavy atom. The smallest absolute Gasteiger partial charge is 0.387 e. The van der Waals surface area contributed by atoms with Crippen LogP contribution in [0.2, 0.25) is 0 Å². The van der Waals surface area contributed by atoms with Crippen LogP contribution in [0.25, 0.3) is 0 Å². The summed E-state index contributed by atoms with van der Waals surface area (Å²) in [4.78, 5) is 2.37. The Bertz CT molecular complexity index is 444. The molecule has 23 heavy (non-hydrogen) atoms. The van der Waals surface area contributed by atoms with Crippen LogP contribution in [0, 0.1) is 5.92 Å². The molecule has 0 saturated carbocycles. The van der Waals surface area contributed by atoms with E-state index in [2.05, 4.69) is 24.1 Å². The number of para-hydroxylation sites is 1. The summed E-state index contributed by atoms with van der Waals surface area (Å²) in [6, 6.07) is 7.31. The van der Waals surface area contributed by atoms with Crippen LogP contribution in [0.1, 0.15) is 31.9 Å². The average Bonchev–Trinajstić information content (AvgIpc) is 2.46. The second-order valence-corrected chi connectivity index (χ2v) is 5.85. The molecule has 0 aliphatic carbocycles. The molecular formula is C16H26Cl2F2N2O. The zero-order valence-electron chi connectivity index (χ0n) is 13.5. The number of halogens is 4. The van der Waals surface area contributed by atoms with Crippen LogP contribution in [-0.2, 0) is 0 Å². The van der Waals surface area contributed by atoms with Crippen LogP contribution < -0.4 is 10.1 Å². The topological polar surface area (TPSA) is 24.5 Å². The number of hydrogen-bond donors (Lipinski definition) is 1. The molecule has 1 saturated heterocycles. The Morgan fingerprint density at radius 1 is 1.13 bits per heavy atom. The summed E-state index contributed by atoms with van der Waals surface area (Å²) in [5.41, 5.74) is 0.869. The number of nitrogens with zero attached hydrogens (tertiary/aromatic N) is 1. The van der Waals surface area contributed by atoms with Gasteiger partial charge in [0.25, 0.3) is 0 Å². The van der Waals surface area contributed by atoms with Crippen LogP contribution in [0.3, 0.4) is 0 Å². The lowest BCUT2D eigenvalue weighted by Crippen LogP contribution is -2.45. The summed E-state index contributed by atoms with van der Waals surface area (Å²) in [6.45, 7) is 5.27. The molecule has 7 heteroatoms. The van der Waals surface area contributed by atoms with Crippen molar-refractivity contribution in [2.75, 3.05) is 26.2 Å². The highest BCUT2D eigenvalue weighted by Crippen LogP contribution is 2.34. The molecule has 1 atom stereocenters. The molecule has 0 bridgehead atoms. The molecule has 0 amide bonds. The molecule has 1 aliphatic rings. The minimum absolute atomic E-state index is 0. The quantitative estimate of drug-likeness (QED) is 0.814. The molecule has 0 aromatic heterocycles. The Balaban J connectivity index is 0.00000242. The molecule has 0 unspecified atom stereocenters. The fraction of sp³-hybridized carbons (Fsp3) is 0.625. The van der Waals surface area contributed by atoms with Gasteiger partial charge in [0.1, 0.15) is 5.75 Å². The Morgan fingerprint density at radius 3 is 2.30 bits per heavy atom. The predicted octanol–water partition coefficient (Wildman–Crippen LogP) is 4.12. The fourth-order valence-electron chi connectivity index (χ4n) is 2.87. The lowest BCUT2D eigenvalue weighted by molar-refractivity contribution is -0.0513. The molecule has 134 valence electrons. The Hall–Kier alpha value is -0.620. The van der Waals surface area contributed by atoms with Gasteiger partial charge in [-0.15, -0.1) is 24.8 Å². The maximum atomic E-state index is 12.6. The molecule has 3 nitrogen and oxygen atoms in total. The van der Waals surface area contributed by atoms with Gasteiger partial charge in [-0.2, -0.15) is 8.78 Å². The van der Waals surface area contributed by atoms with Crippen LogP contribution in [0.4, 0.5) is 8.78 Å². The van der Waals surface area contributed by atoms with Crippen molar-refractivity contribution in [3.63, 3.8) is 0 Å². The van der Waals surface area contributed by atoms with Gasteiger partial charge in [0.05, 0.1) is 0 Å². The normalized spacial score (nSPS) is 16.6. The summed E-state index contributed by atoms with van der Waals surface area (Å²) in [5.74, 6) is 0.793. The predicted molar refractivity (Wildman–Crippen MR) is 94.2 cm³/mol. The molecule has 1 N–H and O–H groups in total. The van der Waals surface area contributed by atoms with Gasteiger partial charge >= 0.3 is 6.61 Å². The van der Waals surface area contributed by atoms with Crippen molar-refractivity contribution in [3.05, 3.63) is 29.8 Å². The van der Waals surface area contributed by atoms with E-state index in [4.69, 9.17) is 4.74 Å². The van der Waals surface area contributed by atoms with Gasteiger partial charge in [0.15, 0.2) is 0 Å². The molecule has 0 radical (unpaired) electrons. The van der Waals surface area contributed by atoms with Gasteiger partial charge in [0.2, 0.25) is 0 Å². The third-order valence-electron chi connectivity index (χ3n) is 3.78. The molecule has 1 aliphatic heterocycles. The van der Waals surface area contributed by atoms with Crippen molar-refractivity contribution in [2.24, 2.45) is 5.92 Å². The summed E-state index contributed by atoms with van der Waals surface area (Å²) in [6.07, 6.45) is 0.934. The minimum atomic E-state index is -2.78. The monoisotopic (exact) mass is 370 g/mol. The summed E-state index contributed by atoms with van der Waals surface area (Å²) >= 11 is 0. The van der Waals surface area contributed by atoms with Gasteiger partial charge in [-0.1, -0.05) is 32.0 Å². The third-order valence-corrected chi connectivity index (χ3v) is 3.78. The van der Waals surface area contributed by atoms with E-state index in [1.807, 2.05) is 12.1 Å². The number of benzene rings is 1. The molecule has 2 rings (SSSR count). The molecule has 1 aromatic rings. The van der Waals surface area contributed by atoms with Crippen molar-refractivity contribution in [1.82, 2.24) is 10.2 Å². The molecule has 0 spiro atoms. The lowest BCUT2D eigenvalue weighted by Gasteiger charge is -2.36. The van der Waals surface area contributed by atoms with Crippen LogP contribution in [0.15, 0.2) is 24.3 Å². The van der Waals surface area contributed by atoms with Gasteiger partial charge in [-0.25, -0.2) is 0 Å². The van der Waals surface area contributed by atoms with Crippen molar-refractivity contribution < 1.29 is 13.5 Å². The SMILES string of the molecule is CC(C)C[C@H](c1ccccc1OC(F)F)N1CCNCC1.Cl.Cl. The van der Waals surface area contributed by atoms with E-state index in [1.54, 1.807) is 12.1 Å². The second-order valence-electron chi connectivity index (χ2n) is 5.85. The van der Waals surface area contributed by atoms with E-state index in [1.165, 1.54) is 0 Å². The van der Waals surface area contributed by atoms with Gasteiger partial charge in [0, 0.05) is 37.8 Å². The standard InChI is InChI=1S/C16H24F2N2O.2ClH/c1-12(2)11-14(20-9-7-19-8-10-20)13-5-3-4-6-15(13)21-16(17)18;;/h3-6,12,14,16,19H,7-11H2,1-2H3;2*1H/t14-;;/m1../s1. The first-order valence-corrected chi connectivity index (χ1v) is 7.56. The summed E-state index contributed by atoms with van der Waals surface area (Å²) in [7, 11) is 0. The number of piperazine rings is 1. The van der Waals surface area contributed by atoms with Crippen molar-refractivity contribution in [2.45, 2.75) is 32.9 Å². The van der Waals surface area contributed by atoms with Crippen LogP contribution >= 0.6 is 24.8 Å². The maximum absolute atomic E-state index is 12.6. The molecule has 1 heterocycles. The first kappa shape index (κ1) is 22.4. The first-order valence-electron chi connectivity index (χ1n) is 7.56. The van der Waals surface area contributed by atoms with E-state index < -0.39 is 6.61 Å². The number of hydrogen-bond acceptors (Lipinski definition) is 3. The summed E-state index contributed by atoms with van der Waals surface area (Å²) in [5, 5.41) is 3.33. The van der Waals surface area contributed by atoms with E-state index in [0.29, 0.717) is 11.7 Å². The van der Waals surface area contributed by atoms with Gasteiger partial charge < -0.3 is 10.1 Å². The van der Waals surface area contributed by atoms with E-state index >= 15 is 0 Å². The van der Waals surface area contributed by atoms with E-state index in [9.17, 15) is 8.78 Å². The highest BCUT2D eigenvalue weighted by molar-refractivity contribution is 5.85. The summed E-state index contributed by atoms with van der Waals surface area (Å²) < 4.78 is 30.0. The van der Waals surface area contributed by atoms with Crippen LogP contribution in [0.5, 0.6) is 5.75 Å². The average molecular weight is 371 g/mol. The van der Waals surface area contributed by atoms with Crippen molar-refractivity contribution in [1.29, 1.82) is 0 Å². The highest BCUT2D eigenvalue weighted by atomic mass is 35.5. The zero-order valence-corrected chi connectivity index (χ0v) is 15.1. The Labute approximate surface area is 149 Å². The highest BCUT2D eigenvalue weighted by Gasteiger charge is 2.26. The number of nitrogens with one attached hydrogen (secondary N) is 1. The molecular weight excluding hydrogens is 345 g/mol. The number of ether oxygens (including phenoxy) is 1. The van der Waals surface area contributed by atoms with E-state index in [-0.39, 0.29) is 30.9 Å². The van der Waals surface area contributed by atoms with E-state index in [0.717, 1.165) is 38.2 Å².